The molecule has 0 aromatic heterocycles. The monoisotopic (exact) mass is 756 g/mol. The summed E-state index contributed by atoms with van der Waals surface area (Å²) in [6.07, 6.45) is 22.7. The summed E-state index contributed by atoms with van der Waals surface area (Å²) in [6, 6.07) is 59.7. The van der Waals surface area contributed by atoms with Crippen molar-refractivity contribution >= 4 is 45.2 Å². The van der Waals surface area contributed by atoms with Crippen LogP contribution in [-0.4, -0.2) is 12.1 Å². The number of rotatable bonds is 6. The summed E-state index contributed by atoms with van der Waals surface area (Å²) in [5.41, 5.74) is 18.4. The van der Waals surface area contributed by atoms with E-state index in [0.29, 0.717) is 0 Å². The first kappa shape index (κ1) is 34.2. The molecule has 0 saturated heterocycles. The molecule has 0 radical (unpaired) electrons. The maximum absolute atomic E-state index is 2.64. The van der Waals surface area contributed by atoms with Gasteiger partial charge in [-0.1, -0.05) is 170 Å². The number of para-hydroxylation sites is 1. The highest BCUT2D eigenvalue weighted by Crippen LogP contribution is 2.64. The van der Waals surface area contributed by atoms with Gasteiger partial charge >= 0.3 is 0 Å². The fourth-order valence-electron chi connectivity index (χ4n) is 11.2. The quantitative estimate of drug-likeness (QED) is 0.167. The molecule has 0 fully saturated rings. The van der Waals surface area contributed by atoms with Crippen molar-refractivity contribution in [3.05, 3.63) is 239 Å². The molecule has 5 aliphatic carbocycles. The molecule has 0 amide bonds. The molecule has 2 atom stereocenters. The van der Waals surface area contributed by atoms with Crippen molar-refractivity contribution in [3.63, 3.8) is 0 Å². The molecule has 0 heterocycles. The minimum absolute atomic E-state index is 0.116. The first-order valence-electron chi connectivity index (χ1n) is 21.3. The SMILES string of the molecule is C1=CCC(N(c2ccc3c(c2)C2(C4=C3C=CC(N(c3ccccc3)c3cccc5c3CCC=C5)C4)c3ccccc3-c3ccccc32)c2cccc3ccccc23)C=C1. The second-order valence-electron chi connectivity index (χ2n) is 16.6. The van der Waals surface area contributed by atoms with Gasteiger partial charge in [-0.15, -0.1) is 0 Å². The smallest absolute Gasteiger partial charge is 0.0690 e. The maximum atomic E-state index is 2.64. The lowest BCUT2D eigenvalue weighted by molar-refractivity contribution is 0.661. The first-order valence-corrected chi connectivity index (χ1v) is 21.3. The Kier molecular flexibility index (Phi) is 7.88. The van der Waals surface area contributed by atoms with Crippen LogP contribution in [0.25, 0.3) is 33.5 Å². The van der Waals surface area contributed by atoms with Crippen molar-refractivity contribution in [1.29, 1.82) is 0 Å². The zero-order chi connectivity index (χ0) is 38.9. The van der Waals surface area contributed by atoms with Crippen molar-refractivity contribution in [2.45, 2.75) is 43.2 Å². The van der Waals surface area contributed by atoms with Gasteiger partial charge in [-0.25, -0.2) is 0 Å². The molecule has 0 bridgehead atoms. The average molecular weight is 757 g/mol. The highest BCUT2D eigenvalue weighted by molar-refractivity contribution is 6.00. The molecule has 7 aromatic carbocycles. The van der Waals surface area contributed by atoms with Gasteiger partial charge in [-0.3, -0.25) is 0 Å². The molecule has 0 N–H and O–H groups in total. The van der Waals surface area contributed by atoms with Gasteiger partial charge in [0.05, 0.1) is 17.5 Å². The van der Waals surface area contributed by atoms with E-state index in [2.05, 4.69) is 216 Å². The molecule has 5 aliphatic rings. The van der Waals surface area contributed by atoms with E-state index in [4.69, 9.17) is 0 Å². The summed E-state index contributed by atoms with van der Waals surface area (Å²) in [7, 11) is 0. The Morgan fingerprint density at radius 3 is 2.07 bits per heavy atom. The third kappa shape index (κ3) is 5.12. The first-order chi connectivity index (χ1) is 29.3. The number of anilines is 4. The average Bonchev–Trinajstić information content (AvgIpc) is 3.77. The standard InChI is InChI=1S/C57H44N2/c1-3-21-41(22-4-1)58(55-31-15-19-39-17-7-9-25-45(39)55)43-33-35-49-50-36-34-44(59(42-23-5-2-6-24-42)56-32-16-20-40-18-8-10-26-46(40)56)38-54(50)57(53(49)37-43)51-29-13-11-27-47(51)48-28-12-14-30-52(48)57/h1-9,11-21,23-25,27-37,41,44H,10,22,26,38H2. The Balaban J connectivity index is 1.08. The summed E-state index contributed by atoms with van der Waals surface area (Å²) in [4.78, 5) is 5.24. The van der Waals surface area contributed by atoms with Crippen LogP contribution in [0.2, 0.25) is 0 Å². The van der Waals surface area contributed by atoms with Crippen molar-refractivity contribution in [1.82, 2.24) is 0 Å². The number of hydrogen-bond donors (Lipinski definition) is 0. The number of fused-ring (bicyclic) bond motifs is 11. The molecular formula is C57H44N2. The van der Waals surface area contributed by atoms with Crippen LogP contribution >= 0.6 is 0 Å². The lowest BCUT2D eigenvalue weighted by Gasteiger charge is -2.40. The van der Waals surface area contributed by atoms with Crippen LogP contribution in [0.1, 0.15) is 52.6 Å². The maximum Gasteiger partial charge on any atom is 0.0690 e. The van der Waals surface area contributed by atoms with E-state index in [-0.39, 0.29) is 12.1 Å². The Morgan fingerprint density at radius 2 is 1.24 bits per heavy atom. The Labute approximate surface area is 347 Å². The van der Waals surface area contributed by atoms with Crippen molar-refractivity contribution in [2.24, 2.45) is 0 Å². The molecule has 2 heteroatoms. The van der Waals surface area contributed by atoms with Gasteiger partial charge in [0.25, 0.3) is 0 Å². The summed E-state index contributed by atoms with van der Waals surface area (Å²) in [5.74, 6) is 0. The fraction of sp³-hybridized carbons (Fsp3) is 0.123. The van der Waals surface area contributed by atoms with Gasteiger partial charge in [-0.2, -0.15) is 0 Å². The molecule has 0 aliphatic heterocycles. The number of hydrogen-bond acceptors (Lipinski definition) is 2. The predicted molar refractivity (Wildman–Crippen MR) is 248 cm³/mol. The second kappa shape index (κ2) is 13.6. The molecule has 2 nitrogen and oxygen atoms in total. The lowest BCUT2D eigenvalue weighted by Crippen LogP contribution is -2.36. The summed E-state index contributed by atoms with van der Waals surface area (Å²) < 4.78 is 0. The van der Waals surface area contributed by atoms with Crippen LogP contribution in [0.4, 0.5) is 22.7 Å². The van der Waals surface area contributed by atoms with Gasteiger partial charge in [0.15, 0.2) is 0 Å². The molecule has 7 aromatic rings. The van der Waals surface area contributed by atoms with Gasteiger partial charge in [0, 0.05) is 28.1 Å². The van der Waals surface area contributed by atoms with E-state index in [1.807, 2.05) is 0 Å². The molecular weight excluding hydrogens is 713 g/mol. The van der Waals surface area contributed by atoms with Gasteiger partial charge in [-0.05, 0) is 123 Å². The van der Waals surface area contributed by atoms with E-state index >= 15 is 0 Å². The third-order valence-electron chi connectivity index (χ3n) is 13.6. The van der Waals surface area contributed by atoms with E-state index in [9.17, 15) is 0 Å². The Bertz CT molecular complexity index is 2930. The Hall–Kier alpha value is -6.90. The van der Waals surface area contributed by atoms with E-state index in [0.717, 1.165) is 25.7 Å². The summed E-state index contributed by atoms with van der Waals surface area (Å²) in [5, 5.41) is 2.53. The third-order valence-corrected chi connectivity index (χ3v) is 13.6. The second-order valence-corrected chi connectivity index (χ2v) is 16.6. The number of allylic oxidation sites excluding steroid dienone is 5. The lowest BCUT2D eigenvalue weighted by atomic mass is 9.67. The Morgan fingerprint density at radius 1 is 0.508 bits per heavy atom. The molecule has 282 valence electrons. The van der Waals surface area contributed by atoms with E-state index in [1.165, 1.54) is 89.2 Å². The number of nitrogens with zero attached hydrogens (tertiary/aromatic N) is 2. The number of benzene rings is 7. The van der Waals surface area contributed by atoms with Gasteiger partial charge in [0.1, 0.15) is 0 Å². The van der Waals surface area contributed by atoms with E-state index < -0.39 is 5.41 Å². The van der Waals surface area contributed by atoms with Crippen molar-refractivity contribution < 1.29 is 0 Å². The van der Waals surface area contributed by atoms with Crippen LogP contribution < -0.4 is 9.80 Å². The normalized spacial score (nSPS) is 18.7. The van der Waals surface area contributed by atoms with Crippen LogP contribution in [-0.2, 0) is 11.8 Å². The van der Waals surface area contributed by atoms with Gasteiger partial charge in [0.2, 0.25) is 0 Å². The predicted octanol–water partition coefficient (Wildman–Crippen LogP) is 14.1. The van der Waals surface area contributed by atoms with Gasteiger partial charge < -0.3 is 9.80 Å². The molecule has 59 heavy (non-hydrogen) atoms. The van der Waals surface area contributed by atoms with Crippen LogP contribution in [0.5, 0.6) is 0 Å². The topological polar surface area (TPSA) is 6.48 Å². The zero-order valence-electron chi connectivity index (χ0n) is 33.0. The largest absolute Gasteiger partial charge is 0.334 e. The molecule has 1 spiro atoms. The van der Waals surface area contributed by atoms with Crippen molar-refractivity contribution in [3.8, 4) is 11.1 Å². The minimum atomic E-state index is -0.440. The minimum Gasteiger partial charge on any atom is -0.334 e. The molecule has 2 unspecified atom stereocenters. The van der Waals surface area contributed by atoms with E-state index in [1.54, 1.807) is 0 Å². The zero-order valence-corrected chi connectivity index (χ0v) is 33.0. The van der Waals surface area contributed by atoms with Crippen LogP contribution in [0, 0.1) is 0 Å². The van der Waals surface area contributed by atoms with Crippen LogP contribution in [0.15, 0.2) is 206 Å². The summed E-state index contributed by atoms with van der Waals surface area (Å²) in [6.45, 7) is 0. The molecule has 12 rings (SSSR count). The van der Waals surface area contributed by atoms with Crippen molar-refractivity contribution in [2.75, 3.05) is 9.80 Å². The highest BCUT2D eigenvalue weighted by atomic mass is 15.2. The summed E-state index contributed by atoms with van der Waals surface area (Å²) >= 11 is 0. The highest BCUT2D eigenvalue weighted by Gasteiger charge is 2.54. The van der Waals surface area contributed by atoms with Crippen LogP contribution in [0.3, 0.4) is 0 Å². The fourth-order valence-corrected chi connectivity index (χ4v) is 11.2. The molecule has 0 saturated carbocycles.